The molecular weight excluding hydrogens is 544 g/mol. The van der Waals surface area contributed by atoms with Crippen molar-refractivity contribution in [3.05, 3.63) is 56.5 Å². The molecule has 4 aromatic rings. The van der Waals surface area contributed by atoms with Gasteiger partial charge in [0.1, 0.15) is 0 Å². The van der Waals surface area contributed by atoms with E-state index in [-0.39, 0.29) is 0 Å². The van der Waals surface area contributed by atoms with Crippen LogP contribution in [0, 0.1) is 0 Å². The molecule has 164 valence electrons. The zero-order chi connectivity index (χ0) is 23.2. The van der Waals surface area contributed by atoms with Gasteiger partial charge in [-0.15, -0.1) is 0 Å². The molecule has 2 heterocycles. The van der Waals surface area contributed by atoms with E-state index in [9.17, 15) is 9.59 Å². The molecule has 2 aromatic carbocycles. The molecule has 32 heavy (non-hydrogen) atoms. The molecule has 0 aliphatic rings. The highest BCUT2D eigenvalue weighted by Crippen LogP contribution is 2.29. The Labute approximate surface area is 198 Å². The quantitative estimate of drug-likeness (QED) is 0.263. The molecule has 2 aromatic heterocycles. The second-order valence-corrected chi connectivity index (χ2v) is 8.72. The number of rotatable bonds is 6. The number of amides is 2. The number of hydrogen-bond acceptors (Lipinski definition) is 6. The van der Waals surface area contributed by atoms with Crippen LogP contribution >= 0.6 is 31.9 Å². The number of imidazole rings is 2. The van der Waals surface area contributed by atoms with Crippen molar-refractivity contribution < 1.29 is 9.59 Å². The molecule has 10 nitrogen and oxygen atoms in total. The van der Waals surface area contributed by atoms with Crippen LogP contribution in [-0.4, -0.2) is 30.9 Å². The topological polar surface area (TPSA) is 174 Å². The van der Waals surface area contributed by atoms with Crippen molar-refractivity contribution in [1.29, 1.82) is 0 Å². The van der Waals surface area contributed by atoms with Crippen molar-refractivity contribution in [3.8, 4) is 0 Å². The van der Waals surface area contributed by atoms with E-state index in [0.717, 1.165) is 11.0 Å². The molecule has 12 heteroatoms. The number of nitrogen functional groups attached to an aromatic ring is 2. The summed E-state index contributed by atoms with van der Waals surface area (Å²) in [5.74, 6) is -0.470. The van der Waals surface area contributed by atoms with Gasteiger partial charge in [0.2, 0.25) is 23.7 Å². The monoisotopic (exact) mass is 560 g/mol. The maximum Gasteiger partial charge on any atom is 0.248 e. The minimum Gasteiger partial charge on any atom is -0.369 e. The fourth-order valence-corrected chi connectivity index (χ4v) is 4.81. The fraction of sp³-hybridized carbons (Fsp3) is 0.100. The molecule has 2 amide bonds. The first-order valence-electron chi connectivity index (χ1n) is 9.32. The van der Waals surface area contributed by atoms with Gasteiger partial charge in [0.25, 0.3) is 0 Å². The molecular formula is C20H18Br2N8O2. The van der Waals surface area contributed by atoms with E-state index in [1.54, 1.807) is 24.3 Å². The van der Waals surface area contributed by atoms with Gasteiger partial charge in [-0.25, -0.2) is 9.97 Å². The minimum atomic E-state index is -0.542. The Hall–Kier alpha value is -3.38. The lowest BCUT2D eigenvalue weighted by Gasteiger charge is -2.07. The molecule has 0 radical (unpaired) electrons. The second kappa shape index (κ2) is 8.28. The highest BCUT2D eigenvalue weighted by Gasteiger charge is 2.15. The van der Waals surface area contributed by atoms with Crippen molar-refractivity contribution in [2.75, 3.05) is 11.5 Å². The van der Waals surface area contributed by atoms with Gasteiger partial charge in [0, 0.05) is 33.2 Å². The van der Waals surface area contributed by atoms with Crippen LogP contribution in [0.15, 0.2) is 45.4 Å². The van der Waals surface area contributed by atoms with Crippen LogP contribution in [0.25, 0.3) is 22.1 Å². The number of hydrogen-bond donors (Lipinski definition) is 4. The summed E-state index contributed by atoms with van der Waals surface area (Å²) in [7, 11) is 0. The third-order valence-corrected chi connectivity index (χ3v) is 6.17. The molecule has 0 saturated heterocycles. The number of carbonyl (C=O) groups is 2. The first-order chi connectivity index (χ1) is 15.2. The molecule has 0 aliphatic carbocycles. The van der Waals surface area contributed by atoms with Crippen LogP contribution in [0.5, 0.6) is 0 Å². The van der Waals surface area contributed by atoms with Gasteiger partial charge >= 0.3 is 0 Å². The smallest absolute Gasteiger partial charge is 0.248 e. The number of primary amides is 2. The van der Waals surface area contributed by atoms with Gasteiger partial charge in [0.05, 0.1) is 22.1 Å². The molecule has 0 saturated carbocycles. The van der Waals surface area contributed by atoms with Crippen molar-refractivity contribution in [2.45, 2.75) is 13.1 Å². The molecule has 0 bridgehead atoms. The van der Waals surface area contributed by atoms with Crippen molar-refractivity contribution in [3.63, 3.8) is 0 Å². The number of fused-ring (bicyclic) bond motifs is 2. The molecule has 8 N–H and O–H groups in total. The zero-order valence-corrected chi connectivity index (χ0v) is 19.7. The Morgan fingerprint density at radius 3 is 1.50 bits per heavy atom. The number of carbonyl (C=O) groups excluding carboxylic acids is 2. The van der Waals surface area contributed by atoms with E-state index in [4.69, 9.17) is 22.9 Å². The average molecular weight is 562 g/mol. The number of nitrogens with zero attached hydrogens (tertiary/aromatic N) is 4. The van der Waals surface area contributed by atoms with Crippen LogP contribution < -0.4 is 22.9 Å². The molecule has 4 rings (SSSR count). The highest BCUT2D eigenvalue weighted by atomic mass is 79.9. The van der Waals surface area contributed by atoms with Crippen LogP contribution in [0.4, 0.5) is 11.9 Å². The Morgan fingerprint density at radius 2 is 1.16 bits per heavy atom. The molecule has 0 unspecified atom stereocenters. The van der Waals surface area contributed by atoms with E-state index >= 15 is 0 Å². The molecule has 0 spiro atoms. The fourth-order valence-electron chi connectivity index (χ4n) is 3.48. The number of anilines is 2. The van der Waals surface area contributed by atoms with Crippen LogP contribution in [-0.2, 0) is 13.1 Å². The lowest BCUT2D eigenvalue weighted by molar-refractivity contribution is 0.0992. The lowest BCUT2D eigenvalue weighted by atomic mass is 10.2. The summed E-state index contributed by atoms with van der Waals surface area (Å²) in [4.78, 5) is 31.6. The third-order valence-electron chi connectivity index (χ3n) is 4.96. The Bertz CT molecular complexity index is 1330. The van der Waals surface area contributed by atoms with Gasteiger partial charge in [-0.3, -0.25) is 9.59 Å². The van der Waals surface area contributed by atoms with Gasteiger partial charge in [-0.2, -0.15) is 0 Å². The van der Waals surface area contributed by atoms with Gasteiger partial charge in [0.15, 0.2) is 0 Å². The lowest BCUT2D eigenvalue weighted by Crippen LogP contribution is -2.11. The summed E-state index contributed by atoms with van der Waals surface area (Å²) in [5, 5.41) is 0. The average Bonchev–Trinajstić information content (AvgIpc) is 3.21. The predicted molar refractivity (Wildman–Crippen MR) is 130 cm³/mol. The minimum absolute atomic E-state index is 0.307. The summed E-state index contributed by atoms with van der Waals surface area (Å²) >= 11 is 6.93. The second-order valence-electron chi connectivity index (χ2n) is 7.01. The summed E-state index contributed by atoms with van der Waals surface area (Å²) < 4.78 is 4.96. The van der Waals surface area contributed by atoms with E-state index in [1.807, 2.05) is 21.3 Å². The summed E-state index contributed by atoms with van der Waals surface area (Å²) in [5.41, 5.74) is 26.2. The molecule has 0 fully saturated rings. The number of benzene rings is 2. The summed E-state index contributed by atoms with van der Waals surface area (Å²) in [6, 6.07) is 6.49. The predicted octanol–water partition coefficient (Wildman–Crippen LogP) is 2.53. The summed E-state index contributed by atoms with van der Waals surface area (Å²) in [6.07, 6.45) is 3.84. The Kier molecular flexibility index (Phi) is 5.65. The van der Waals surface area contributed by atoms with E-state index in [0.29, 0.717) is 56.1 Å². The van der Waals surface area contributed by atoms with Crippen LogP contribution in [0.2, 0.25) is 0 Å². The number of aromatic nitrogens is 4. The third kappa shape index (κ3) is 3.82. The van der Waals surface area contributed by atoms with Gasteiger partial charge in [-0.1, -0.05) is 12.2 Å². The number of nitrogens with two attached hydrogens (primary N) is 4. The SMILES string of the molecule is NC(=O)c1cc(Br)c2c(c1)nc(N)n2C/C=C/Cn1c(N)nc2cc(C(N)=O)cc(Br)c21. The maximum absolute atomic E-state index is 11.5. The van der Waals surface area contributed by atoms with Gasteiger partial charge < -0.3 is 32.1 Å². The standard InChI is InChI=1S/C20H18Br2N8O2/c21-11-5-9(17(23)31)7-13-15(11)29(19(25)27-13)3-1-2-4-30-16-12(22)6-10(18(24)32)8-14(16)28-20(30)26/h1-2,5-8H,3-4H2,(H2,23,31)(H2,24,32)(H2,25,27)(H2,26,28)/b2-1+. The number of halogens is 2. The van der Waals surface area contributed by atoms with E-state index in [1.165, 1.54) is 0 Å². The van der Waals surface area contributed by atoms with Gasteiger partial charge in [-0.05, 0) is 56.1 Å². The highest BCUT2D eigenvalue weighted by molar-refractivity contribution is 9.11. The molecule has 0 aliphatic heterocycles. The maximum atomic E-state index is 11.5. The van der Waals surface area contributed by atoms with Crippen LogP contribution in [0.1, 0.15) is 20.7 Å². The van der Waals surface area contributed by atoms with Crippen molar-refractivity contribution in [2.24, 2.45) is 11.5 Å². The Balaban J connectivity index is 1.61. The largest absolute Gasteiger partial charge is 0.369 e. The first kappa shape index (κ1) is 21.8. The van der Waals surface area contributed by atoms with Crippen LogP contribution in [0.3, 0.4) is 0 Å². The Morgan fingerprint density at radius 1 is 0.781 bits per heavy atom. The van der Waals surface area contributed by atoms with Crippen molar-refractivity contribution >= 4 is 77.6 Å². The zero-order valence-electron chi connectivity index (χ0n) is 16.5. The summed E-state index contributed by atoms with van der Waals surface area (Å²) in [6.45, 7) is 0.882. The normalized spacial score (nSPS) is 11.7. The first-order valence-corrected chi connectivity index (χ1v) is 10.9. The van der Waals surface area contributed by atoms with E-state index in [2.05, 4.69) is 41.8 Å². The van der Waals surface area contributed by atoms with E-state index < -0.39 is 11.8 Å². The number of allylic oxidation sites excluding steroid dienone is 2. The molecule has 0 atom stereocenters. The van der Waals surface area contributed by atoms with Crippen molar-refractivity contribution in [1.82, 2.24) is 19.1 Å².